The fourth-order valence-electron chi connectivity index (χ4n) is 1.58. The summed E-state index contributed by atoms with van der Waals surface area (Å²) in [6.45, 7) is 0. The van der Waals surface area contributed by atoms with Crippen LogP contribution in [0.1, 0.15) is 5.69 Å². The Morgan fingerprint density at radius 1 is 1.24 bits per heavy atom. The van der Waals surface area contributed by atoms with Crippen LogP contribution < -0.4 is 0 Å². The molecule has 0 unspecified atom stereocenters. The molecule has 0 aliphatic carbocycles. The molecule has 0 radical (unpaired) electrons. The molecular weight excluding hydrogens is 234 g/mol. The first-order chi connectivity index (χ1) is 8.16. The lowest BCUT2D eigenvalue weighted by Gasteiger charge is -2.05. The summed E-state index contributed by atoms with van der Waals surface area (Å²) in [6, 6.07) is 13.8. The van der Waals surface area contributed by atoms with E-state index in [2.05, 4.69) is 0 Å². The Labute approximate surface area is 104 Å². The number of hydrogen-bond donors (Lipinski definition) is 1. The van der Waals surface area contributed by atoms with E-state index in [-0.39, 0.29) is 6.42 Å². The molecule has 0 amide bonds. The van der Waals surface area contributed by atoms with Gasteiger partial charge in [-0.15, -0.1) is 0 Å². The number of aliphatic carboxylic acids is 1. The van der Waals surface area contributed by atoms with Gasteiger partial charge in [-0.05, 0) is 24.3 Å². The Morgan fingerprint density at radius 3 is 2.59 bits per heavy atom. The smallest absolute Gasteiger partial charge is 0.309 e. The Bertz CT molecular complexity index is 519. The van der Waals surface area contributed by atoms with Gasteiger partial charge in [-0.1, -0.05) is 30.0 Å². The van der Waals surface area contributed by atoms with Crippen LogP contribution in [0.5, 0.6) is 0 Å². The maximum atomic E-state index is 10.7. The minimum Gasteiger partial charge on any atom is -0.481 e. The molecule has 1 heterocycles. The van der Waals surface area contributed by atoms with Crippen molar-refractivity contribution in [3.8, 4) is 0 Å². The number of rotatable bonds is 4. The van der Waals surface area contributed by atoms with Gasteiger partial charge in [0, 0.05) is 17.6 Å². The summed E-state index contributed by atoms with van der Waals surface area (Å²) in [5.74, 6) is -0.803. The molecular formula is C13H13NO2S. The maximum absolute atomic E-state index is 10.7. The molecule has 0 spiro atoms. The highest BCUT2D eigenvalue weighted by atomic mass is 32.2. The quantitative estimate of drug-likeness (QED) is 0.903. The molecule has 17 heavy (non-hydrogen) atoms. The minimum absolute atomic E-state index is 0.0614. The second kappa shape index (κ2) is 5.10. The number of nitrogens with zero attached hydrogens (tertiary/aromatic N) is 1. The summed E-state index contributed by atoms with van der Waals surface area (Å²) in [7, 11) is 1.89. The molecule has 0 bridgehead atoms. The molecule has 1 aromatic heterocycles. The lowest BCUT2D eigenvalue weighted by molar-refractivity contribution is -0.136. The molecule has 2 aromatic rings. The van der Waals surface area contributed by atoms with Crippen molar-refractivity contribution in [1.29, 1.82) is 0 Å². The van der Waals surface area contributed by atoms with Crippen molar-refractivity contribution in [3.05, 3.63) is 48.2 Å². The van der Waals surface area contributed by atoms with Gasteiger partial charge >= 0.3 is 5.97 Å². The van der Waals surface area contributed by atoms with Gasteiger partial charge in [0.05, 0.1) is 11.4 Å². The Morgan fingerprint density at radius 2 is 1.94 bits per heavy atom. The van der Waals surface area contributed by atoms with Gasteiger partial charge in [0.1, 0.15) is 0 Å². The standard InChI is InChI=1S/C13H13NO2S/c1-14-10(9-13(15)16)7-8-12(14)17-11-5-3-2-4-6-11/h2-8H,9H2,1H3,(H,15,16). The zero-order valence-electron chi connectivity index (χ0n) is 9.46. The average Bonchev–Trinajstić information content (AvgIpc) is 2.62. The fraction of sp³-hybridized carbons (Fsp3) is 0.154. The first-order valence-electron chi connectivity index (χ1n) is 5.26. The van der Waals surface area contributed by atoms with Crippen LogP contribution in [0.3, 0.4) is 0 Å². The van der Waals surface area contributed by atoms with Crippen molar-refractivity contribution in [2.75, 3.05) is 0 Å². The van der Waals surface area contributed by atoms with Crippen LogP contribution in [0.2, 0.25) is 0 Å². The largest absolute Gasteiger partial charge is 0.481 e. The van der Waals surface area contributed by atoms with E-state index in [0.29, 0.717) is 0 Å². The van der Waals surface area contributed by atoms with Crippen molar-refractivity contribution in [1.82, 2.24) is 4.57 Å². The summed E-state index contributed by atoms with van der Waals surface area (Å²) in [5, 5.41) is 9.82. The highest BCUT2D eigenvalue weighted by Gasteiger charge is 2.08. The van der Waals surface area contributed by atoms with Gasteiger partial charge in [-0.2, -0.15) is 0 Å². The molecule has 1 N–H and O–H groups in total. The number of carboxylic acid groups (broad SMARTS) is 1. The maximum Gasteiger partial charge on any atom is 0.309 e. The van der Waals surface area contributed by atoms with Crippen molar-refractivity contribution >= 4 is 17.7 Å². The molecule has 88 valence electrons. The van der Waals surface area contributed by atoms with E-state index in [1.54, 1.807) is 11.8 Å². The van der Waals surface area contributed by atoms with Crippen LogP contribution in [-0.2, 0) is 18.3 Å². The van der Waals surface area contributed by atoms with Crippen LogP contribution in [0.4, 0.5) is 0 Å². The molecule has 4 heteroatoms. The second-order valence-electron chi connectivity index (χ2n) is 3.71. The van der Waals surface area contributed by atoms with Gasteiger partial charge in [-0.3, -0.25) is 4.79 Å². The van der Waals surface area contributed by atoms with Gasteiger partial charge in [-0.25, -0.2) is 0 Å². The van der Waals surface area contributed by atoms with Crippen LogP contribution in [-0.4, -0.2) is 15.6 Å². The lowest BCUT2D eigenvalue weighted by Crippen LogP contribution is -2.05. The van der Waals surface area contributed by atoms with Gasteiger partial charge < -0.3 is 9.67 Å². The van der Waals surface area contributed by atoms with E-state index >= 15 is 0 Å². The highest BCUT2D eigenvalue weighted by molar-refractivity contribution is 7.99. The second-order valence-corrected chi connectivity index (χ2v) is 4.80. The van der Waals surface area contributed by atoms with Crippen molar-refractivity contribution in [2.45, 2.75) is 16.3 Å². The van der Waals surface area contributed by atoms with Gasteiger partial charge in [0.2, 0.25) is 0 Å². The van der Waals surface area contributed by atoms with Crippen molar-refractivity contribution < 1.29 is 9.90 Å². The molecule has 0 atom stereocenters. The fourth-order valence-corrected chi connectivity index (χ4v) is 2.50. The van der Waals surface area contributed by atoms with E-state index in [1.165, 1.54) is 0 Å². The third kappa shape index (κ3) is 2.91. The van der Waals surface area contributed by atoms with E-state index in [0.717, 1.165) is 15.6 Å². The van der Waals surface area contributed by atoms with Crippen molar-refractivity contribution in [2.24, 2.45) is 7.05 Å². The Hall–Kier alpha value is -1.68. The predicted molar refractivity (Wildman–Crippen MR) is 67.3 cm³/mol. The summed E-state index contributed by atoms with van der Waals surface area (Å²) >= 11 is 1.63. The molecule has 3 nitrogen and oxygen atoms in total. The molecule has 1 aromatic carbocycles. The van der Waals surface area contributed by atoms with E-state index in [4.69, 9.17) is 5.11 Å². The number of carbonyl (C=O) groups is 1. The topological polar surface area (TPSA) is 42.2 Å². The summed E-state index contributed by atoms with van der Waals surface area (Å²) < 4.78 is 1.92. The SMILES string of the molecule is Cn1c(CC(=O)O)ccc1Sc1ccccc1. The third-order valence-electron chi connectivity index (χ3n) is 2.48. The first kappa shape index (κ1) is 11.8. The van der Waals surface area contributed by atoms with Crippen LogP contribution in [0.15, 0.2) is 52.4 Å². The molecule has 0 aliphatic rings. The average molecular weight is 247 g/mol. The zero-order valence-corrected chi connectivity index (χ0v) is 10.3. The predicted octanol–water partition coefficient (Wildman–Crippen LogP) is 2.80. The number of benzene rings is 1. The molecule has 0 fully saturated rings. The van der Waals surface area contributed by atoms with Crippen LogP contribution >= 0.6 is 11.8 Å². The molecule has 0 saturated heterocycles. The van der Waals surface area contributed by atoms with E-state index in [1.807, 2.05) is 54.1 Å². The normalized spacial score (nSPS) is 10.4. The first-order valence-corrected chi connectivity index (χ1v) is 6.08. The van der Waals surface area contributed by atoms with Crippen LogP contribution in [0.25, 0.3) is 0 Å². The molecule has 0 aliphatic heterocycles. The molecule has 0 saturated carbocycles. The summed E-state index contributed by atoms with van der Waals surface area (Å²) in [4.78, 5) is 11.8. The minimum atomic E-state index is -0.803. The Balaban J connectivity index is 2.18. The third-order valence-corrected chi connectivity index (χ3v) is 3.60. The highest BCUT2D eigenvalue weighted by Crippen LogP contribution is 2.28. The lowest BCUT2D eigenvalue weighted by atomic mass is 10.3. The van der Waals surface area contributed by atoms with Gasteiger partial charge in [0.25, 0.3) is 0 Å². The zero-order chi connectivity index (χ0) is 12.3. The van der Waals surface area contributed by atoms with E-state index in [9.17, 15) is 4.79 Å². The number of hydrogen-bond acceptors (Lipinski definition) is 2. The van der Waals surface area contributed by atoms with Gasteiger partial charge in [0.15, 0.2) is 0 Å². The summed E-state index contributed by atoms with van der Waals surface area (Å²) in [6.07, 6.45) is 0.0614. The Kier molecular flexibility index (Phi) is 3.54. The molecule has 2 rings (SSSR count). The number of aromatic nitrogens is 1. The van der Waals surface area contributed by atoms with E-state index < -0.39 is 5.97 Å². The summed E-state index contributed by atoms with van der Waals surface area (Å²) in [5.41, 5.74) is 0.816. The monoisotopic (exact) mass is 247 g/mol. The number of carboxylic acids is 1. The van der Waals surface area contributed by atoms with Crippen molar-refractivity contribution in [3.63, 3.8) is 0 Å². The van der Waals surface area contributed by atoms with Crippen LogP contribution in [0, 0.1) is 0 Å².